The van der Waals surface area contributed by atoms with Gasteiger partial charge >= 0.3 is 12.0 Å². The minimum Gasteiger partial charge on any atom is -0.478 e. The number of aromatic carboxylic acids is 1. The van der Waals surface area contributed by atoms with Gasteiger partial charge in [0.15, 0.2) is 0 Å². The number of benzene rings is 2. The van der Waals surface area contributed by atoms with Gasteiger partial charge < -0.3 is 9.52 Å². The van der Waals surface area contributed by atoms with Gasteiger partial charge in [-0.1, -0.05) is 24.3 Å². The molecule has 0 spiro atoms. The normalized spacial score (nSPS) is 15.2. The molecule has 1 aromatic heterocycles. The summed E-state index contributed by atoms with van der Waals surface area (Å²) in [7, 11) is 0. The van der Waals surface area contributed by atoms with Crippen LogP contribution in [-0.4, -0.2) is 28.9 Å². The number of aryl methyl sites for hydroxylation is 1. The first-order valence-electron chi connectivity index (χ1n) is 9.36. The minimum atomic E-state index is -1.08. The second-order valence-electron chi connectivity index (χ2n) is 6.95. The average molecular weight is 434 g/mol. The molecule has 0 bridgehead atoms. The van der Waals surface area contributed by atoms with Crippen molar-refractivity contribution in [1.29, 1.82) is 0 Å². The predicted octanol–water partition coefficient (Wildman–Crippen LogP) is 3.76. The smallest absolute Gasteiger partial charge is 0.336 e. The molecule has 2 N–H and O–H groups in total. The lowest BCUT2D eigenvalue weighted by atomic mass is 10.0. The van der Waals surface area contributed by atoms with Gasteiger partial charge in [-0.05, 0) is 48.9 Å². The summed E-state index contributed by atoms with van der Waals surface area (Å²) >= 11 is 0. The number of furan rings is 1. The Hall–Kier alpha value is -4.53. The molecule has 2 aromatic carbocycles. The molecular formula is C23H15FN2O6. The van der Waals surface area contributed by atoms with Gasteiger partial charge in [-0.3, -0.25) is 14.9 Å². The number of carboxylic acids is 1. The van der Waals surface area contributed by atoms with Crippen LogP contribution in [0.1, 0.15) is 21.7 Å². The molecule has 4 rings (SSSR count). The fourth-order valence-corrected chi connectivity index (χ4v) is 3.24. The molecule has 0 atom stereocenters. The van der Waals surface area contributed by atoms with Crippen molar-refractivity contribution in [2.24, 2.45) is 0 Å². The number of nitrogens with one attached hydrogen (secondary N) is 1. The quantitative estimate of drug-likeness (QED) is 0.477. The van der Waals surface area contributed by atoms with E-state index < -0.39 is 35.2 Å². The number of urea groups is 1. The molecule has 0 radical (unpaired) electrons. The highest BCUT2D eigenvalue weighted by Gasteiger charge is 2.38. The number of carbonyl (C=O) groups is 4. The summed E-state index contributed by atoms with van der Waals surface area (Å²) in [5, 5.41) is 11.3. The lowest BCUT2D eigenvalue weighted by molar-refractivity contribution is -0.122. The zero-order valence-corrected chi connectivity index (χ0v) is 16.6. The van der Waals surface area contributed by atoms with Crippen LogP contribution in [-0.2, 0) is 9.59 Å². The van der Waals surface area contributed by atoms with Gasteiger partial charge in [0.05, 0.1) is 11.3 Å². The Labute approximate surface area is 180 Å². The summed E-state index contributed by atoms with van der Waals surface area (Å²) in [6, 6.07) is 11.9. The number of imide groups is 2. The molecule has 32 heavy (non-hydrogen) atoms. The first-order chi connectivity index (χ1) is 15.3. The number of barbiturate groups is 1. The molecule has 8 nitrogen and oxygen atoms in total. The highest BCUT2D eigenvalue weighted by Crippen LogP contribution is 2.28. The third-order valence-electron chi connectivity index (χ3n) is 4.86. The summed E-state index contributed by atoms with van der Waals surface area (Å²) in [5.41, 5.74) is 0.454. The van der Waals surface area contributed by atoms with Crippen molar-refractivity contribution in [3.8, 4) is 11.3 Å². The largest absolute Gasteiger partial charge is 0.478 e. The van der Waals surface area contributed by atoms with Crippen LogP contribution < -0.4 is 10.2 Å². The first kappa shape index (κ1) is 20.7. The van der Waals surface area contributed by atoms with Crippen molar-refractivity contribution in [3.63, 3.8) is 0 Å². The number of halogens is 1. The minimum absolute atomic E-state index is 0.110. The molecule has 0 aliphatic carbocycles. The number of rotatable bonds is 4. The van der Waals surface area contributed by atoms with Crippen molar-refractivity contribution in [2.45, 2.75) is 6.92 Å². The zero-order valence-electron chi connectivity index (χ0n) is 16.6. The maximum Gasteiger partial charge on any atom is 0.336 e. The van der Waals surface area contributed by atoms with Crippen LogP contribution >= 0.6 is 0 Å². The van der Waals surface area contributed by atoms with Crippen molar-refractivity contribution in [3.05, 3.63) is 82.9 Å². The molecule has 1 aliphatic rings. The van der Waals surface area contributed by atoms with E-state index in [0.29, 0.717) is 21.8 Å². The molecule has 1 fully saturated rings. The average Bonchev–Trinajstić information content (AvgIpc) is 3.21. The van der Waals surface area contributed by atoms with Gasteiger partial charge in [-0.15, -0.1) is 0 Å². The SMILES string of the molecule is Cc1ccc(-c2ccc(/C=C3/C(=O)NC(=O)N(c4ccccc4F)C3=O)o2)cc1C(=O)O. The van der Waals surface area contributed by atoms with Crippen LogP contribution in [0.25, 0.3) is 17.4 Å². The van der Waals surface area contributed by atoms with Crippen LogP contribution in [0.3, 0.4) is 0 Å². The topological polar surface area (TPSA) is 117 Å². The van der Waals surface area contributed by atoms with E-state index in [9.17, 15) is 28.7 Å². The van der Waals surface area contributed by atoms with Crippen LogP contribution in [0.4, 0.5) is 14.9 Å². The molecule has 0 unspecified atom stereocenters. The summed E-state index contributed by atoms with van der Waals surface area (Å²) in [5.74, 6) is -3.43. The Morgan fingerprint density at radius 3 is 2.56 bits per heavy atom. The number of anilines is 1. The van der Waals surface area contributed by atoms with E-state index in [0.717, 1.165) is 12.1 Å². The lowest BCUT2D eigenvalue weighted by Crippen LogP contribution is -2.54. The second kappa shape index (κ2) is 7.95. The van der Waals surface area contributed by atoms with Crippen molar-refractivity contribution < 1.29 is 33.1 Å². The molecule has 1 aliphatic heterocycles. The number of hydrogen-bond acceptors (Lipinski definition) is 5. The summed E-state index contributed by atoms with van der Waals surface area (Å²) in [6.07, 6.45) is 1.13. The van der Waals surface area contributed by atoms with E-state index in [1.807, 2.05) is 5.32 Å². The van der Waals surface area contributed by atoms with Gasteiger partial charge in [0, 0.05) is 5.56 Å². The highest BCUT2D eigenvalue weighted by atomic mass is 19.1. The molecular weight excluding hydrogens is 419 g/mol. The van der Waals surface area contributed by atoms with E-state index in [1.54, 1.807) is 25.1 Å². The van der Waals surface area contributed by atoms with Gasteiger partial charge in [0.1, 0.15) is 22.9 Å². The highest BCUT2D eigenvalue weighted by molar-refractivity contribution is 6.39. The molecule has 3 aromatic rings. The van der Waals surface area contributed by atoms with Crippen LogP contribution in [0.5, 0.6) is 0 Å². The fourth-order valence-electron chi connectivity index (χ4n) is 3.24. The number of carboxylic acid groups (broad SMARTS) is 1. The standard InChI is InChI=1S/C23H15FN2O6/c1-12-6-7-13(10-15(12)22(29)30)19-9-8-14(32-19)11-16-20(27)25-23(31)26(21(16)28)18-5-3-2-4-17(18)24/h2-11H,1H3,(H,29,30)(H,25,27,31)/b16-11-. The van der Waals surface area contributed by atoms with Crippen molar-refractivity contribution in [2.75, 3.05) is 4.90 Å². The van der Waals surface area contributed by atoms with E-state index in [2.05, 4.69) is 0 Å². The van der Waals surface area contributed by atoms with Crippen LogP contribution in [0.2, 0.25) is 0 Å². The number of para-hydroxylation sites is 1. The summed E-state index contributed by atoms with van der Waals surface area (Å²) in [6.45, 7) is 1.67. The van der Waals surface area contributed by atoms with Crippen molar-refractivity contribution >= 4 is 35.6 Å². The third-order valence-corrected chi connectivity index (χ3v) is 4.86. The Morgan fingerprint density at radius 2 is 1.84 bits per heavy atom. The Bertz CT molecular complexity index is 1320. The number of nitrogens with zero attached hydrogens (tertiary/aromatic N) is 1. The molecule has 1 saturated heterocycles. The van der Waals surface area contributed by atoms with Gasteiger partial charge in [0.25, 0.3) is 11.8 Å². The Morgan fingerprint density at radius 1 is 1.09 bits per heavy atom. The van der Waals surface area contributed by atoms with Crippen LogP contribution in [0, 0.1) is 12.7 Å². The molecule has 2 heterocycles. The molecule has 0 saturated carbocycles. The molecule has 4 amide bonds. The monoisotopic (exact) mass is 434 g/mol. The summed E-state index contributed by atoms with van der Waals surface area (Å²) < 4.78 is 19.8. The van der Waals surface area contributed by atoms with E-state index in [-0.39, 0.29) is 17.0 Å². The fraction of sp³-hybridized carbons (Fsp3) is 0.0435. The molecule has 9 heteroatoms. The maximum atomic E-state index is 14.1. The van der Waals surface area contributed by atoms with Gasteiger partial charge in [-0.2, -0.15) is 0 Å². The Kier molecular flexibility index (Phi) is 5.15. The number of hydrogen-bond donors (Lipinski definition) is 2. The second-order valence-corrected chi connectivity index (χ2v) is 6.95. The zero-order chi connectivity index (χ0) is 23.0. The number of amides is 4. The van der Waals surface area contributed by atoms with E-state index in [4.69, 9.17) is 4.42 Å². The first-order valence-corrected chi connectivity index (χ1v) is 9.36. The lowest BCUT2D eigenvalue weighted by Gasteiger charge is -2.26. The van der Waals surface area contributed by atoms with Crippen molar-refractivity contribution in [1.82, 2.24) is 5.32 Å². The summed E-state index contributed by atoms with van der Waals surface area (Å²) in [4.78, 5) is 49.2. The number of carbonyl (C=O) groups excluding carboxylic acids is 3. The van der Waals surface area contributed by atoms with Gasteiger partial charge in [0.2, 0.25) is 0 Å². The maximum absolute atomic E-state index is 14.1. The van der Waals surface area contributed by atoms with E-state index >= 15 is 0 Å². The predicted molar refractivity (Wildman–Crippen MR) is 111 cm³/mol. The third kappa shape index (κ3) is 3.67. The Balaban J connectivity index is 1.69. The van der Waals surface area contributed by atoms with Crippen LogP contribution in [0.15, 0.2) is 64.6 Å². The molecule has 160 valence electrons. The van der Waals surface area contributed by atoms with E-state index in [1.165, 1.54) is 30.3 Å². The van der Waals surface area contributed by atoms with Gasteiger partial charge in [-0.25, -0.2) is 18.9 Å².